The number of benzene rings is 2. The molecule has 5 nitrogen and oxygen atoms in total. The Morgan fingerprint density at radius 1 is 0.967 bits per heavy atom. The largest absolute Gasteiger partial charge is 0.496 e. The van der Waals surface area contributed by atoms with E-state index in [4.69, 9.17) is 4.74 Å². The first-order valence-electron chi connectivity index (χ1n) is 10.2. The van der Waals surface area contributed by atoms with Crippen molar-refractivity contribution < 1.29 is 13.9 Å². The third kappa shape index (κ3) is 3.27. The van der Waals surface area contributed by atoms with Crippen LogP contribution in [-0.2, 0) is 13.1 Å². The van der Waals surface area contributed by atoms with Crippen molar-refractivity contribution in [2.45, 2.75) is 25.2 Å². The molecule has 2 aliphatic heterocycles. The molecule has 6 heteroatoms. The van der Waals surface area contributed by atoms with Gasteiger partial charge in [-0.05, 0) is 35.9 Å². The van der Waals surface area contributed by atoms with E-state index in [0.717, 1.165) is 42.2 Å². The van der Waals surface area contributed by atoms with Crippen molar-refractivity contribution in [1.29, 1.82) is 0 Å². The number of para-hydroxylation sites is 1. The Bertz CT molecular complexity index is 1060. The molecule has 3 aromatic rings. The number of rotatable bonds is 5. The molecule has 2 atom stereocenters. The van der Waals surface area contributed by atoms with Crippen LogP contribution < -0.4 is 4.74 Å². The van der Waals surface area contributed by atoms with Gasteiger partial charge < -0.3 is 14.2 Å². The molecule has 5 rings (SSSR count). The zero-order valence-electron chi connectivity index (χ0n) is 16.9. The van der Waals surface area contributed by atoms with Crippen LogP contribution in [0.1, 0.15) is 27.7 Å². The van der Waals surface area contributed by atoms with Gasteiger partial charge in [-0.25, -0.2) is 4.39 Å². The number of carbonyl (C=O) groups is 1. The molecule has 0 unspecified atom stereocenters. The molecular weight excluding hydrogens is 381 g/mol. The molecule has 3 heterocycles. The molecule has 0 aliphatic carbocycles. The number of halogens is 1. The number of fused-ring (bicyclic) bond motifs is 3. The van der Waals surface area contributed by atoms with Gasteiger partial charge in [0.05, 0.1) is 19.2 Å². The topological polar surface area (TPSA) is 37.7 Å². The SMILES string of the molecule is COc1ccccc1CN1C[C@@H]2[C@H](C1)n1cccc1C(=O)N2Cc1ccc(F)cc1. The van der Waals surface area contributed by atoms with Crippen LogP contribution in [0.15, 0.2) is 66.9 Å². The number of carbonyl (C=O) groups excluding carboxylic acids is 1. The molecule has 1 saturated heterocycles. The maximum Gasteiger partial charge on any atom is 0.271 e. The Morgan fingerprint density at radius 2 is 1.73 bits per heavy atom. The van der Waals surface area contributed by atoms with Crippen LogP contribution in [-0.4, -0.2) is 46.5 Å². The first kappa shape index (κ1) is 18.9. The molecular formula is C24H24FN3O2. The standard InChI is InChI=1S/C24H24FN3O2/c1-30-23-7-3-2-5-18(23)14-26-15-21-22(16-26)28(13-17-8-10-19(25)11-9-17)24(29)20-6-4-12-27(20)21/h2-12,21-22H,13-16H2,1H3/t21-,22+/m0/s1. The molecule has 0 spiro atoms. The molecule has 0 saturated carbocycles. The molecule has 2 aromatic carbocycles. The first-order valence-corrected chi connectivity index (χ1v) is 10.2. The van der Waals surface area contributed by atoms with Crippen molar-refractivity contribution in [2.75, 3.05) is 20.2 Å². The molecule has 30 heavy (non-hydrogen) atoms. The van der Waals surface area contributed by atoms with E-state index in [-0.39, 0.29) is 23.8 Å². The smallest absolute Gasteiger partial charge is 0.271 e. The Kier molecular flexibility index (Phi) is 4.79. The summed E-state index contributed by atoms with van der Waals surface area (Å²) in [5.41, 5.74) is 2.80. The normalized spacial score (nSPS) is 20.9. The molecule has 1 aromatic heterocycles. The second-order valence-electron chi connectivity index (χ2n) is 8.00. The fourth-order valence-corrected chi connectivity index (χ4v) is 4.77. The van der Waals surface area contributed by atoms with Crippen LogP contribution in [0, 0.1) is 5.82 Å². The molecule has 154 valence electrons. The third-order valence-electron chi connectivity index (χ3n) is 6.20. The van der Waals surface area contributed by atoms with Gasteiger partial charge in [-0.1, -0.05) is 30.3 Å². The Hall–Kier alpha value is -3.12. The lowest BCUT2D eigenvalue weighted by molar-refractivity contribution is 0.0556. The highest BCUT2D eigenvalue weighted by molar-refractivity contribution is 5.94. The van der Waals surface area contributed by atoms with E-state index in [0.29, 0.717) is 6.54 Å². The number of aromatic nitrogens is 1. The maximum atomic E-state index is 13.3. The van der Waals surface area contributed by atoms with E-state index in [2.05, 4.69) is 15.5 Å². The summed E-state index contributed by atoms with van der Waals surface area (Å²) in [6, 6.07) is 18.6. The Labute approximate surface area is 175 Å². The van der Waals surface area contributed by atoms with Crippen LogP contribution in [0.5, 0.6) is 5.75 Å². The van der Waals surface area contributed by atoms with Crippen molar-refractivity contribution in [3.8, 4) is 5.75 Å². The summed E-state index contributed by atoms with van der Waals surface area (Å²) in [4.78, 5) is 17.6. The summed E-state index contributed by atoms with van der Waals surface area (Å²) in [5.74, 6) is 0.650. The summed E-state index contributed by atoms with van der Waals surface area (Å²) < 4.78 is 21.0. The van der Waals surface area contributed by atoms with Crippen molar-refractivity contribution in [1.82, 2.24) is 14.4 Å². The van der Waals surface area contributed by atoms with Crippen molar-refractivity contribution in [3.63, 3.8) is 0 Å². The molecule has 0 bridgehead atoms. The van der Waals surface area contributed by atoms with Gasteiger partial charge in [0.2, 0.25) is 0 Å². The van der Waals surface area contributed by atoms with Crippen LogP contribution in [0.2, 0.25) is 0 Å². The number of nitrogens with zero attached hydrogens (tertiary/aromatic N) is 3. The van der Waals surface area contributed by atoms with E-state index >= 15 is 0 Å². The average molecular weight is 405 g/mol. The molecule has 0 radical (unpaired) electrons. The monoisotopic (exact) mass is 405 g/mol. The van der Waals surface area contributed by atoms with Gasteiger partial charge >= 0.3 is 0 Å². The van der Waals surface area contributed by atoms with Crippen molar-refractivity contribution in [2.24, 2.45) is 0 Å². The average Bonchev–Trinajstić information content (AvgIpc) is 3.40. The number of ether oxygens (including phenoxy) is 1. The van der Waals surface area contributed by atoms with E-state index in [9.17, 15) is 9.18 Å². The predicted octanol–water partition coefficient (Wildman–Crippen LogP) is 3.72. The fourth-order valence-electron chi connectivity index (χ4n) is 4.77. The van der Waals surface area contributed by atoms with Gasteiger partial charge in [0.1, 0.15) is 17.3 Å². The van der Waals surface area contributed by atoms with Gasteiger partial charge in [0, 0.05) is 37.9 Å². The van der Waals surface area contributed by atoms with Crippen molar-refractivity contribution in [3.05, 3.63) is 89.5 Å². The molecule has 0 N–H and O–H groups in total. The zero-order valence-corrected chi connectivity index (χ0v) is 16.9. The minimum absolute atomic E-state index is 0.0321. The molecule has 1 amide bonds. The Balaban J connectivity index is 1.43. The number of hydrogen-bond acceptors (Lipinski definition) is 3. The quantitative estimate of drug-likeness (QED) is 0.649. The number of methoxy groups -OCH3 is 1. The van der Waals surface area contributed by atoms with Gasteiger partial charge in [0.25, 0.3) is 5.91 Å². The number of likely N-dealkylation sites (tertiary alicyclic amines) is 1. The van der Waals surface area contributed by atoms with Gasteiger partial charge in [0.15, 0.2) is 0 Å². The van der Waals surface area contributed by atoms with E-state index in [1.165, 1.54) is 12.1 Å². The molecule has 2 aliphatic rings. The Morgan fingerprint density at radius 3 is 2.53 bits per heavy atom. The second-order valence-corrected chi connectivity index (χ2v) is 8.00. The van der Waals surface area contributed by atoms with Crippen LogP contribution in [0.3, 0.4) is 0 Å². The summed E-state index contributed by atoms with van der Waals surface area (Å²) >= 11 is 0. The van der Waals surface area contributed by atoms with Gasteiger partial charge in [-0.3, -0.25) is 9.69 Å². The van der Waals surface area contributed by atoms with Crippen LogP contribution in [0.4, 0.5) is 4.39 Å². The van der Waals surface area contributed by atoms with Crippen molar-refractivity contribution >= 4 is 5.91 Å². The minimum atomic E-state index is -0.265. The van der Waals surface area contributed by atoms with E-state index < -0.39 is 0 Å². The summed E-state index contributed by atoms with van der Waals surface area (Å²) in [7, 11) is 1.69. The predicted molar refractivity (Wildman–Crippen MR) is 112 cm³/mol. The highest BCUT2D eigenvalue weighted by atomic mass is 19.1. The van der Waals surface area contributed by atoms with Crippen LogP contribution in [0.25, 0.3) is 0 Å². The summed E-state index contributed by atoms with van der Waals surface area (Å²) in [5, 5.41) is 0. The summed E-state index contributed by atoms with van der Waals surface area (Å²) in [6.45, 7) is 2.89. The van der Waals surface area contributed by atoms with E-state index in [1.807, 2.05) is 41.4 Å². The highest BCUT2D eigenvalue weighted by Gasteiger charge is 2.44. The van der Waals surface area contributed by atoms with Gasteiger partial charge in [-0.15, -0.1) is 0 Å². The van der Waals surface area contributed by atoms with E-state index in [1.54, 1.807) is 19.2 Å². The lowest BCUT2D eigenvalue weighted by Gasteiger charge is -2.38. The number of amides is 1. The maximum absolute atomic E-state index is 13.3. The lowest BCUT2D eigenvalue weighted by Crippen LogP contribution is -2.49. The second kappa shape index (κ2) is 7.61. The zero-order chi connectivity index (χ0) is 20.7. The summed E-state index contributed by atoms with van der Waals surface area (Å²) in [6.07, 6.45) is 2.01. The highest BCUT2D eigenvalue weighted by Crippen LogP contribution is 2.36. The first-order chi connectivity index (χ1) is 14.6. The number of hydrogen-bond donors (Lipinski definition) is 0. The third-order valence-corrected chi connectivity index (χ3v) is 6.20. The minimum Gasteiger partial charge on any atom is -0.496 e. The molecule has 1 fully saturated rings. The van der Waals surface area contributed by atoms with Crippen LogP contribution >= 0.6 is 0 Å². The fraction of sp³-hybridized carbons (Fsp3) is 0.292. The van der Waals surface area contributed by atoms with Gasteiger partial charge in [-0.2, -0.15) is 0 Å². The lowest BCUT2D eigenvalue weighted by atomic mass is 10.0.